The van der Waals surface area contributed by atoms with Crippen LogP contribution >= 0.6 is 0 Å². The molecular weight excluding hydrogens is 341 g/mol. The van der Waals surface area contributed by atoms with E-state index >= 15 is 0 Å². The van der Waals surface area contributed by atoms with E-state index in [0.29, 0.717) is 6.04 Å². The number of carbonyl (C=O) groups excluding carboxylic acids is 1. The van der Waals surface area contributed by atoms with Crippen molar-refractivity contribution in [3.8, 4) is 5.69 Å². The molecule has 1 heterocycles. The molecule has 5 heteroatoms. The summed E-state index contributed by atoms with van der Waals surface area (Å²) in [6.07, 6.45) is 8.13. The van der Waals surface area contributed by atoms with Crippen LogP contribution in [-0.2, 0) is 4.79 Å². The highest BCUT2D eigenvalue weighted by molar-refractivity contribution is 5.92. The summed E-state index contributed by atoms with van der Waals surface area (Å²) in [6, 6.07) is 6.79. The highest BCUT2D eigenvalue weighted by Gasteiger charge is 2.27. The van der Waals surface area contributed by atoms with Gasteiger partial charge in [-0.1, -0.05) is 12.8 Å². The second-order valence-electron chi connectivity index (χ2n) is 7.58. The van der Waals surface area contributed by atoms with Crippen molar-refractivity contribution >= 4 is 12.0 Å². The molecule has 0 saturated heterocycles. The van der Waals surface area contributed by atoms with E-state index in [1.807, 2.05) is 24.8 Å². The van der Waals surface area contributed by atoms with E-state index in [0.717, 1.165) is 35.5 Å². The smallest absolute Gasteiger partial charge is 0.247 e. The Balaban J connectivity index is 1.84. The zero-order chi connectivity index (χ0) is 19.6. The molecule has 0 aliphatic heterocycles. The fourth-order valence-electron chi connectivity index (χ4n) is 4.01. The maximum Gasteiger partial charge on any atom is 0.247 e. The largest absolute Gasteiger partial charge is 0.334 e. The van der Waals surface area contributed by atoms with Gasteiger partial charge in [-0.05, 0) is 70.9 Å². The summed E-state index contributed by atoms with van der Waals surface area (Å²) < 4.78 is 15.0. The first-order valence-electron chi connectivity index (χ1n) is 9.71. The number of aryl methyl sites for hydroxylation is 1. The van der Waals surface area contributed by atoms with Gasteiger partial charge in [-0.2, -0.15) is 5.10 Å². The summed E-state index contributed by atoms with van der Waals surface area (Å²) in [5, 5.41) is 4.56. The standard InChI is InChI=1S/C22H28FN3O/c1-15(2)25(19-7-5-6-8-19)22(27)14-13-21-16(3)24-26(17(21)4)20-11-9-18(23)10-12-20/h9-15,19H,5-8H2,1-4H3/b14-13+. The Morgan fingerprint density at radius 3 is 2.44 bits per heavy atom. The molecule has 144 valence electrons. The predicted octanol–water partition coefficient (Wildman–Crippen LogP) is 4.82. The zero-order valence-electron chi connectivity index (χ0n) is 16.6. The Hall–Kier alpha value is -2.43. The fraction of sp³-hybridized carbons (Fsp3) is 0.455. The van der Waals surface area contributed by atoms with Gasteiger partial charge in [0.15, 0.2) is 0 Å². The molecular formula is C22H28FN3O. The quantitative estimate of drug-likeness (QED) is 0.709. The van der Waals surface area contributed by atoms with E-state index in [1.165, 1.54) is 25.0 Å². The van der Waals surface area contributed by atoms with Gasteiger partial charge in [-0.25, -0.2) is 9.07 Å². The molecule has 0 atom stereocenters. The number of nitrogens with zero attached hydrogens (tertiary/aromatic N) is 3. The molecule has 1 aliphatic rings. The number of aromatic nitrogens is 2. The lowest BCUT2D eigenvalue weighted by Crippen LogP contribution is -2.42. The SMILES string of the molecule is Cc1nn(-c2ccc(F)cc2)c(C)c1/C=C/C(=O)N(C(C)C)C1CCCC1. The lowest BCUT2D eigenvalue weighted by Gasteiger charge is -2.31. The minimum absolute atomic E-state index is 0.0604. The van der Waals surface area contributed by atoms with Gasteiger partial charge in [0, 0.05) is 29.4 Å². The summed E-state index contributed by atoms with van der Waals surface area (Å²) in [5.41, 5.74) is 3.51. The van der Waals surface area contributed by atoms with Crippen LogP contribution in [0.1, 0.15) is 56.5 Å². The molecule has 0 N–H and O–H groups in total. The molecule has 1 amide bonds. The molecule has 1 saturated carbocycles. The maximum atomic E-state index is 13.2. The van der Waals surface area contributed by atoms with Crippen molar-refractivity contribution in [2.24, 2.45) is 0 Å². The van der Waals surface area contributed by atoms with Crippen LogP contribution in [0.25, 0.3) is 11.8 Å². The third-order valence-corrected chi connectivity index (χ3v) is 5.34. The number of hydrogen-bond donors (Lipinski definition) is 0. The molecule has 3 rings (SSSR count). The average molecular weight is 369 g/mol. The minimum Gasteiger partial charge on any atom is -0.334 e. The number of amides is 1. The van der Waals surface area contributed by atoms with Gasteiger partial charge in [0.2, 0.25) is 5.91 Å². The Morgan fingerprint density at radius 1 is 1.22 bits per heavy atom. The lowest BCUT2D eigenvalue weighted by atomic mass is 10.1. The second kappa shape index (κ2) is 8.07. The summed E-state index contributed by atoms with van der Waals surface area (Å²) in [6.45, 7) is 8.04. The molecule has 0 radical (unpaired) electrons. The normalized spacial score (nSPS) is 15.2. The predicted molar refractivity (Wildman–Crippen MR) is 106 cm³/mol. The molecule has 27 heavy (non-hydrogen) atoms. The molecule has 1 fully saturated rings. The van der Waals surface area contributed by atoms with Gasteiger partial charge < -0.3 is 4.90 Å². The summed E-state index contributed by atoms with van der Waals surface area (Å²) >= 11 is 0. The maximum absolute atomic E-state index is 13.2. The molecule has 0 bridgehead atoms. The van der Waals surface area contributed by atoms with Gasteiger partial charge in [0.05, 0.1) is 11.4 Å². The van der Waals surface area contributed by atoms with Crippen molar-refractivity contribution in [1.82, 2.24) is 14.7 Å². The van der Waals surface area contributed by atoms with Crippen LogP contribution in [0.2, 0.25) is 0 Å². The first kappa shape index (κ1) is 19.3. The van der Waals surface area contributed by atoms with Crippen LogP contribution in [0.3, 0.4) is 0 Å². The minimum atomic E-state index is -0.272. The first-order valence-corrected chi connectivity index (χ1v) is 9.71. The molecule has 0 spiro atoms. The van der Waals surface area contributed by atoms with Crippen molar-refractivity contribution in [2.45, 2.75) is 65.5 Å². The number of carbonyl (C=O) groups is 1. The average Bonchev–Trinajstić information content (AvgIpc) is 3.23. The zero-order valence-corrected chi connectivity index (χ0v) is 16.6. The van der Waals surface area contributed by atoms with Crippen LogP contribution in [0.5, 0.6) is 0 Å². The fourth-order valence-corrected chi connectivity index (χ4v) is 4.01. The second-order valence-corrected chi connectivity index (χ2v) is 7.58. The van der Waals surface area contributed by atoms with Gasteiger partial charge in [-0.15, -0.1) is 0 Å². The first-order chi connectivity index (χ1) is 12.9. The van der Waals surface area contributed by atoms with Crippen molar-refractivity contribution in [3.05, 3.63) is 53.1 Å². The van der Waals surface area contributed by atoms with E-state index in [9.17, 15) is 9.18 Å². The highest BCUT2D eigenvalue weighted by atomic mass is 19.1. The Kier molecular flexibility index (Phi) is 5.78. The van der Waals surface area contributed by atoms with Crippen molar-refractivity contribution in [1.29, 1.82) is 0 Å². The Labute approximate surface area is 160 Å². The van der Waals surface area contributed by atoms with E-state index < -0.39 is 0 Å². The number of hydrogen-bond acceptors (Lipinski definition) is 2. The molecule has 4 nitrogen and oxygen atoms in total. The number of rotatable bonds is 5. The molecule has 0 unspecified atom stereocenters. The van der Waals surface area contributed by atoms with Crippen LogP contribution in [0.15, 0.2) is 30.3 Å². The van der Waals surface area contributed by atoms with Gasteiger partial charge in [0.25, 0.3) is 0 Å². The van der Waals surface area contributed by atoms with E-state index in [-0.39, 0.29) is 17.8 Å². The monoisotopic (exact) mass is 369 g/mol. The van der Waals surface area contributed by atoms with Crippen LogP contribution in [0, 0.1) is 19.7 Å². The Morgan fingerprint density at radius 2 is 1.85 bits per heavy atom. The van der Waals surface area contributed by atoms with E-state index in [4.69, 9.17) is 0 Å². The van der Waals surface area contributed by atoms with Gasteiger partial charge in [0.1, 0.15) is 5.82 Å². The van der Waals surface area contributed by atoms with Crippen molar-refractivity contribution in [3.63, 3.8) is 0 Å². The molecule has 1 aromatic carbocycles. The third-order valence-electron chi connectivity index (χ3n) is 5.34. The molecule has 1 aromatic heterocycles. The van der Waals surface area contributed by atoms with Crippen LogP contribution in [-0.4, -0.2) is 32.7 Å². The van der Waals surface area contributed by atoms with Crippen molar-refractivity contribution < 1.29 is 9.18 Å². The lowest BCUT2D eigenvalue weighted by molar-refractivity contribution is -0.130. The number of halogens is 1. The summed E-state index contributed by atoms with van der Waals surface area (Å²) in [4.78, 5) is 14.9. The van der Waals surface area contributed by atoms with E-state index in [2.05, 4.69) is 18.9 Å². The van der Waals surface area contributed by atoms with Crippen LogP contribution in [0.4, 0.5) is 4.39 Å². The van der Waals surface area contributed by atoms with Gasteiger partial charge in [-0.3, -0.25) is 4.79 Å². The topological polar surface area (TPSA) is 38.1 Å². The van der Waals surface area contributed by atoms with Gasteiger partial charge >= 0.3 is 0 Å². The van der Waals surface area contributed by atoms with Crippen LogP contribution < -0.4 is 0 Å². The summed E-state index contributed by atoms with van der Waals surface area (Å²) in [7, 11) is 0. The number of benzene rings is 1. The van der Waals surface area contributed by atoms with Crippen molar-refractivity contribution in [2.75, 3.05) is 0 Å². The molecule has 2 aromatic rings. The molecule has 1 aliphatic carbocycles. The van der Waals surface area contributed by atoms with E-state index in [1.54, 1.807) is 22.9 Å². The Bertz CT molecular complexity index is 830. The third kappa shape index (κ3) is 4.12. The highest BCUT2D eigenvalue weighted by Crippen LogP contribution is 2.26. The summed E-state index contributed by atoms with van der Waals surface area (Å²) in [5.74, 6) is -0.211.